The minimum absolute atomic E-state index is 0.0687. The molecule has 0 unspecified atom stereocenters. The van der Waals surface area contributed by atoms with Gasteiger partial charge in [0, 0.05) is 19.7 Å². The molecule has 20 heavy (non-hydrogen) atoms. The molecule has 6 nitrogen and oxygen atoms in total. The molecule has 0 aromatic heterocycles. The number of hydrogen-bond donors (Lipinski definition) is 1. The van der Waals surface area contributed by atoms with Crippen molar-refractivity contribution in [2.45, 2.75) is 26.4 Å². The lowest BCUT2D eigenvalue weighted by Crippen LogP contribution is -2.05. The van der Waals surface area contributed by atoms with Crippen LogP contribution in [0.2, 0.25) is 0 Å². The second-order valence-electron chi connectivity index (χ2n) is 4.38. The lowest BCUT2D eigenvalue weighted by atomic mass is 10.2. The lowest BCUT2D eigenvalue weighted by molar-refractivity contribution is -0.384. The standard InChI is InChI=1S/C14H22N2O4/c1-3-4-7-19-8-9-20-11-12-5-6-14(16(17)18)13(10-12)15-2/h5-6,10,15H,3-4,7-9,11H2,1-2H3. The summed E-state index contributed by atoms with van der Waals surface area (Å²) in [7, 11) is 1.66. The van der Waals surface area contributed by atoms with Crippen LogP contribution in [0.1, 0.15) is 25.3 Å². The zero-order valence-corrected chi connectivity index (χ0v) is 12.1. The van der Waals surface area contributed by atoms with Gasteiger partial charge < -0.3 is 14.8 Å². The number of anilines is 1. The zero-order chi connectivity index (χ0) is 14.8. The van der Waals surface area contributed by atoms with Gasteiger partial charge in [-0.05, 0) is 24.1 Å². The van der Waals surface area contributed by atoms with E-state index in [-0.39, 0.29) is 5.69 Å². The first kappa shape index (κ1) is 16.4. The van der Waals surface area contributed by atoms with Gasteiger partial charge in [0.2, 0.25) is 0 Å². The highest BCUT2D eigenvalue weighted by Gasteiger charge is 2.12. The fourth-order valence-electron chi connectivity index (χ4n) is 1.69. The van der Waals surface area contributed by atoms with Gasteiger partial charge in [0.1, 0.15) is 5.69 Å². The summed E-state index contributed by atoms with van der Waals surface area (Å²) in [5.41, 5.74) is 1.46. The third-order valence-corrected chi connectivity index (χ3v) is 2.81. The van der Waals surface area contributed by atoms with Crippen molar-refractivity contribution in [2.75, 3.05) is 32.2 Å². The number of benzene rings is 1. The topological polar surface area (TPSA) is 73.6 Å². The van der Waals surface area contributed by atoms with Gasteiger partial charge in [-0.25, -0.2) is 0 Å². The second kappa shape index (κ2) is 9.28. The van der Waals surface area contributed by atoms with Gasteiger partial charge in [-0.2, -0.15) is 0 Å². The molecule has 6 heteroatoms. The van der Waals surface area contributed by atoms with Crippen molar-refractivity contribution in [3.63, 3.8) is 0 Å². The molecule has 0 amide bonds. The van der Waals surface area contributed by atoms with Gasteiger partial charge in [-0.1, -0.05) is 13.3 Å². The first-order valence-electron chi connectivity index (χ1n) is 6.79. The number of hydrogen-bond acceptors (Lipinski definition) is 5. The Balaban J connectivity index is 2.35. The first-order chi connectivity index (χ1) is 9.69. The molecule has 1 aromatic carbocycles. The predicted octanol–water partition coefficient (Wildman–Crippen LogP) is 2.97. The van der Waals surface area contributed by atoms with E-state index in [1.54, 1.807) is 19.2 Å². The van der Waals surface area contributed by atoms with Crippen molar-refractivity contribution in [3.05, 3.63) is 33.9 Å². The molecular weight excluding hydrogens is 260 g/mol. The normalized spacial score (nSPS) is 10.5. The molecule has 0 bridgehead atoms. The van der Waals surface area contributed by atoms with Crippen molar-refractivity contribution in [1.82, 2.24) is 0 Å². The summed E-state index contributed by atoms with van der Waals surface area (Å²) >= 11 is 0. The van der Waals surface area contributed by atoms with E-state index in [0.717, 1.165) is 25.0 Å². The third kappa shape index (κ3) is 5.54. The average Bonchev–Trinajstić information content (AvgIpc) is 2.45. The minimum atomic E-state index is -0.405. The monoisotopic (exact) mass is 282 g/mol. The van der Waals surface area contributed by atoms with E-state index in [9.17, 15) is 10.1 Å². The summed E-state index contributed by atoms with van der Waals surface area (Å²) in [5.74, 6) is 0. The smallest absolute Gasteiger partial charge is 0.292 e. The van der Waals surface area contributed by atoms with E-state index in [1.807, 2.05) is 0 Å². The Bertz CT molecular complexity index is 424. The fraction of sp³-hybridized carbons (Fsp3) is 0.571. The predicted molar refractivity (Wildman–Crippen MR) is 78.0 cm³/mol. The van der Waals surface area contributed by atoms with Crippen LogP contribution in [0.3, 0.4) is 0 Å². The maximum Gasteiger partial charge on any atom is 0.292 e. The molecule has 0 aliphatic heterocycles. The Hall–Kier alpha value is -1.66. The van der Waals surface area contributed by atoms with Crippen LogP contribution in [0, 0.1) is 10.1 Å². The highest BCUT2D eigenvalue weighted by molar-refractivity contribution is 5.62. The maximum absolute atomic E-state index is 10.8. The molecule has 0 spiro atoms. The Morgan fingerprint density at radius 2 is 2.00 bits per heavy atom. The van der Waals surface area contributed by atoms with Gasteiger partial charge in [0.15, 0.2) is 0 Å². The molecule has 0 atom stereocenters. The molecule has 0 aliphatic carbocycles. The molecule has 0 fully saturated rings. The van der Waals surface area contributed by atoms with Crippen LogP contribution in [0.4, 0.5) is 11.4 Å². The van der Waals surface area contributed by atoms with Gasteiger partial charge in [0.25, 0.3) is 5.69 Å². The quantitative estimate of drug-likeness (QED) is 0.406. The Morgan fingerprint density at radius 3 is 2.65 bits per heavy atom. The summed E-state index contributed by atoms with van der Waals surface area (Å²) in [5, 5.41) is 13.6. The first-order valence-corrected chi connectivity index (χ1v) is 6.79. The largest absolute Gasteiger partial charge is 0.383 e. The van der Waals surface area contributed by atoms with Crippen molar-refractivity contribution >= 4 is 11.4 Å². The highest BCUT2D eigenvalue weighted by Crippen LogP contribution is 2.25. The average molecular weight is 282 g/mol. The Morgan fingerprint density at radius 1 is 1.25 bits per heavy atom. The molecule has 0 radical (unpaired) electrons. The number of rotatable bonds is 10. The van der Waals surface area contributed by atoms with Crippen LogP contribution < -0.4 is 5.32 Å². The van der Waals surface area contributed by atoms with Crippen LogP contribution in [0.25, 0.3) is 0 Å². The van der Waals surface area contributed by atoms with Gasteiger partial charge >= 0.3 is 0 Å². The molecule has 0 saturated carbocycles. The molecule has 112 valence electrons. The van der Waals surface area contributed by atoms with Crippen LogP contribution >= 0.6 is 0 Å². The molecule has 1 rings (SSSR count). The zero-order valence-electron chi connectivity index (χ0n) is 12.1. The molecule has 0 saturated heterocycles. The third-order valence-electron chi connectivity index (χ3n) is 2.81. The van der Waals surface area contributed by atoms with Crippen LogP contribution in [0.15, 0.2) is 18.2 Å². The van der Waals surface area contributed by atoms with E-state index in [4.69, 9.17) is 9.47 Å². The number of nitrogens with zero attached hydrogens (tertiary/aromatic N) is 1. The number of unbranched alkanes of at least 4 members (excludes halogenated alkanes) is 1. The molecule has 1 aromatic rings. The van der Waals surface area contributed by atoms with Crippen LogP contribution in [-0.2, 0) is 16.1 Å². The highest BCUT2D eigenvalue weighted by atomic mass is 16.6. The number of nitro benzene ring substituents is 1. The van der Waals surface area contributed by atoms with Crippen molar-refractivity contribution < 1.29 is 14.4 Å². The number of nitro groups is 1. The summed E-state index contributed by atoms with van der Waals surface area (Å²) in [4.78, 5) is 10.4. The van der Waals surface area contributed by atoms with E-state index in [2.05, 4.69) is 12.2 Å². The summed E-state index contributed by atoms with van der Waals surface area (Å²) in [6.45, 7) is 4.40. The summed E-state index contributed by atoms with van der Waals surface area (Å²) < 4.78 is 10.9. The van der Waals surface area contributed by atoms with E-state index in [1.165, 1.54) is 6.07 Å². The molecule has 1 N–H and O–H groups in total. The van der Waals surface area contributed by atoms with Gasteiger partial charge in [0.05, 0.1) is 24.7 Å². The Kier molecular flexibility index (Phi) is 7.60. The van der Waals surface area contributed by atoms with Crippen LogP contribution in [-0.4, -0.2) is 31.8 Å². The van der Waals surface area contributed by atoms with Crippen LogP contribution in [0.5, 0.6) is 0 Å². The molecular formula is C14H22N2O4. The van der Waals surface area contributed by atoms with Crippen molar-refractivity contribution in [1.29, 1.82) is 0 Å². The molecule has 0 heterocycles. The summed E-state index contributed by atoms with van der Waals surface area (Å²) in [6, 6.07) is 4.93. The van der Waals surface area contributed by atoms with Gasteiger partial charge in [-0.3, -0.25) is 10.1 Å². The van der Waals surface area contributed by atoms with E-state index in [0.29, 0.717) is 25.5 Å². The van der Waals surface area contributed by atoms with E-state index >= 15 is 0 Å². The van der Waals surface area contributed by atoms with Gasteiger partial charge in [-0.15, -0.1) is 0 Å². The van der Waals surface area contributed by atoms with E-state index < -0.39 is 4.92 Å². The maximum atomic E-state index is 10.8. The van der Waals surface area contributed by atoms with Crippen molar-refractivity contribution in [2.24, 2.45) is 0 Å². The minimum Gasteiger partial charge on any atom is -0.383 e. The Labute approximate surface area is 119 Å². The molecule has 0 aliphatic rings. The second-order valence-corrected chi connectivity index (χ2v) is 4.38. The lowest BCUT2D eigenvalue weighted by Gasteiger charge is -2.07. The number of ether oxygens (including phenoxy) is 2. The summed E-state index contributed by atoms with van der Waals surface area (Å²) in [6.07, 6.45) is 2.18. The fourth-order valence-corrected chi connectivity index (χ4v) is 1.69. The SMILES string of the molecule is CCCCOCCOCc1ccc([N+](=O)[O-])c(NC)c1. The number of nitrogens with one attached hydrogen (secondary N) is 1. The van der Waals surface area contributed by atoms with Crippen molar-refractivity contribution in [3.8, 4) is 0 Å².